The smallest absolute Gasteiger partial charge is 0.211 e. The van der Waals surface area contributed by atoms with E-state index in [1.165, 1.54) is 17.4 Å². The van der Waals surface area contributed by atoms with Crippen molar-refractivity contribution in [2.24, 2.45) is 0 Å². The number of nitrogens with one attached hydrogen (secondary N) is 1. The van der Waals surface area contributed by atoms with E-state index in [4.69, 9.17) is 4.74 Å². The largest absolute Gasteiger partial charge is 0.497 e. The number of methoxy groups -OCH3 is 1. The number of sulfonamides is 1. The molecule has 1 saturated heterocycles. The summed E-state index contributed by atoms with van der Waals surface area (Å²) in [7, 11) is -1.40. The highest BCUT2D eigenvalue weighted by Gasteiger charge is 2.32. The number of ether oxygens (including phenoxy) is 1. The van der Waals surface area contributed by atoms with Gasteiger partial charge in [0.2, 0.25) is 10.0 Å². The van der Waals surface area contributed by atoms with Gasteiger partial charge in [-0.15, -0.1) is 0 Å². The second kappa shape index (κ2) is 6.79. The average molecular weight is 338 g/mol. The van der Waals surface area contributed by atoms with Crippen molar-refractivity contribution in [1.82, 2.24) is 9.62 Å². The summed E-state index contributed by atoms with van der Waals surface area (Å²) in [4.78, 5) is 0. The van der Waals surface area contributed by atoms with E-state index in [0.29, 0.717) is 12.6 Å². The molecule has 0 unspecified atom stereocenters. The number of fused-ring (bicyclic) bond motifs is 1. The molecule has 0 bridgehead atoms. The Bertz CT molecular complexity index is 660. The molecule has 3 rings (SSSR count). The number of aryl methyl sites for hydroxylation is 1. The molecule has 1 aliphatic heterocycles. The zero-order chi connectivity index (χ0) is 16.4. The van der Waals surface area contributed by atoms with Crippen LogP contribution in [0.2, 0.25) is 0 Å². The fourth-order valence-electron chi connectivity index (χ4n) is 3.86. The fraction of sp³-hybridized carbons (Fsp3) is 0.647. The standard InChI is InChI=1S/C17H26N2O3S/c1-22-15-8-9-16-13(11-15)5-3-7-17(16)18-12-14-6-4-10-19(14)23(2,20)21/h8-9,11,14,17-18H,3-7,10,12H2,1-2H3/t14-,17+/m1/s1. The molecule has 2 atom stereocenters. The van der Waals surface area contributed by atoms with Crippen LogP contribution >= 0.6 is 0 Å². The van der Waals surface area contributed by atoms with Crippen molar-refractivity contribution in [3.05, 3.63) is 29.3 Å². The second-order valence-electron chi connectivity index (χ2n) is 6.59. The van der Waals surface area contributed by atoms with E-state index in [1.807, 2.05) is 6.07 Å². The molecule has 1 N–H and O–H groups in total. The van der Waals surface area contributed by atoms with E-state index in [2.05, 4.69) is 17.4 Å². The number of hydrogen-bond donors (Lipinski definition) is 1. The van der Waals surface area contributed by atoms with Crippen molar-refractivity contribution >= 4 is 10.0 Å². The van der Waals surface area contributed by atoms with Gasteiger partial charge in [-0.2, -0.15) is 4.31 Å². The normalized spacial score (nSPS) is 25.3. The summed E-state index contributed by atoms with van der Waals surface area (Å²) in [6.07, 6.45) is 6.56. The minimum atomic E-state index is -3.10. The quantitative estimate of drug-likeness (QED) is 0.893. The lowest BCUT2D eigenvalue weighted by atomic mass is 9.87. The molecule has 128 valence electrons. The van der Waals surface area contributed by atoms with E-state index >= 15 is 0 Å². The Morgan fingerprint density at radius 1 is 1.30 bits per heavy atom. The number of rotatable bonds is 5. The van der Waals surface area contributed by atoms with Crippen molar-refractivity contribution < 1.29 is 13.2 Å². The molecule has 1 aliphatic carbocycles. The molecule has 1 aromatic rings. The minimum Gasteiger partial charge on any atom is -0.497 e. The van der Waals surface area contributed by atoms with Crippen LogP contribution in [0.4, 0.5) is 0 Å². The van der Waals surface area contributed by atoms with Crippen LogP contribution in [-0.2, 0) is 16.4 Å². The fourth-order valence-corrected chi connectivity index (χ4v) is 5.04. The second-order valence-corrected chi connectivity index (χ2v) is 8.52. The van der Waals surface area contributed by atoms with E-state index in [1.54, 1.807) is 11.4 Å². The molecule has 1 aromatic carbocycles. The van der Waals surface area contributed by atoms with Crippen LogP contribution in [0.25, 0.3) is 0 Å². The monoisotopic (exact) mass is 338 g/mol. The molecule has 2 aliphatic rings. The van der Waals surface area contributed by atoms with Gasteiger partial charge in [-0.3, -0.25) is 0 Å². The molecule has 1 fully saturated rings. The minimum absolute atomic E-state index is 0.0913. The summed E-state index contributed by atoms with van der Waals surface area (Å²) in [5.74, 6) is 0.906. The summed E-state index contributed by atoms with van der Waals surface area (Å²) in [6.45, 7) is 1.38. The molecule has 23 heavy (non-hydrogen) atoms. The SMILES string of the molecule is COc1ccc2c(c1)CCC[C@@H]2NC[C@H]1CCCN1S(C)(=O)=O. The molecule has 0 radical (unpaired) electrons. The average Bonchev–Trinajstić information content (AvgIpc) is 3.01. The van der Waals surface area contributed by atoms with Crippen LogP contribution in [0.15, 0.2) is 18.2 Å². The Kier molecular flexibility index (Phi) is 4.94. The highest BCUT2D eigenvalue weighted by molar-refractivity contribution is 7.88. The van der Waals surface area contributed by atoms with Gasteiger partial charge >= 0.3 is 0 Å². The Morgan fingerprint density at radius 3 is 2.87 bits per heavy atom. The third kappa shape index (κ3) is 3.70. The summed E-state index contributed by atoms with van der Waals surface area (Å²) in [5.41, 5.74) is 2.68. The van der Waals surface area contributed by atoms with E-state index < -0.39 is 10.0 Å². The maximum Gasteiger partial charge on any atom is 0.211 e. The maximum absolute atomic E-state index is 11.8. The van der Waals surface area contributed by atoms with Crippen LogP contribution in [0.5, 0.6) is 5.75 Å². The topological polar surface area (TPSA) is 58.6 Å². The van der Waals surface area contributed by atoms with Gasteiger partial charge in [-0.1, -0.05) is 6.07 Å². The summed E-state index contributed by atoms with van der Waals surface area (Å²) in [6, 6.07) is 6.69. The molecule has 1 heterocycles. The van der Waals surface area contributed by atoms with Crippen LogP contribution in [0.3, 0.4) is 0 Å². The molecule has 5 nitrogen and oxygen atoms in total. The van der Waals surface area contributed by atoms with Crippen molar-refractivity contribution in [1.29, 1.82) is 0 Å². The molecular formula is C17H26N2O3S. The van der Waals surface area contributed by atoms with Crippen molar-refractivity contribution in [3.63, 3.8) is 0 Å². The Labute approximate surface area is 139 Å². The van der Waals surface area contributed by atoms with Crippen molar-refractivity contribution in [2.75, 3.05) is 26.5 Å². The molecule has 0 spiro atoms. The lowest BCUT2D eigenvalue weighted by molar-refractivity contribution is 0.347. The van der Waals surface area contributed by atoms with Crippen molar-refractivity contribution in [2.45, 2.75) is 44.2 Å². The highest BCUT2D eigenvalue weighted by Crippen LogP contribution is 2.32. The van der Waals surface area contributed by atoms with Gasteiger partial charge in [-0.25, -0.2) is 8.42 Å². The van der Waals surface area contributed by atoms with Crippen LogP contribution < -0.4 is 10.1 Å². The lowest BCUT2D eigenvalue weighted by Crippen LogP contribution is -2.42. The van der Waals surface area contributed by atoms with E-state index in [9.17, 15) is 8.42 Å². The van der Waals surface area contributed by atoms with Gasteiger partial charge in [-0.05, 0) is 55.4 Å². The Hall–Kier alpha value is -1.11. The summed E-state index contributed by atoms with van der Waals surface area (Å²) < 4.78 is 30.7. The summed E-state index contributed by atoms with van der Waals surface area (Å²) >= 11 is 0. The zero-order valence-corrected chi connectivity index (χ0v) is 14.7. The Morgan fingerprint density at radius 2 is 2.13 bits per heavy atom. The third-order valence-corrected chi connectivity index (χ3v) is 6.35. The third-order valence-electron chi connectivity index (χ3n) is 5.01. The predicted molar refractivity (Wildman–Crippen MR) is 91.2 cm³/mol. The maximum atomic E-state index is 11.8. The van der Waals surface area contributed by atoms with Crippen LogP contribution in [-0.4, -0.2) is 45.2 Å². The van der Waals surface area contributed by atoms with E-state index in [-0.39, 0.29) is 6.04 Å². The predicted octanol–water partition coefficient (Wildman–Crippen LogP) is 2.09. The van der Waals surface area contributed by atoms with Crippen molar-refractivity contribution in [3.8, 4) is 5.75 Å². The van der Waals surface area contributed by atoms with Gasteiger partial charge in [0, 0.05) is 25.2 Å². The first-order chi connectivity index (χ1) is 11.0. The number of benzene rings is 1. The van der Waals surface area contributed by atoms with E-state index in [0.717, 1.165) is 44.4 Å². The van der Waals surface area contributed by atoms with Gasteiger partial charge in [0.25, 0.3) is 0 Å². The molecular weight excluding hydrogens is 312 g/mol. The summed E-state index contributed by atoms with van der Waals surface area (Å²) in [5, 5.41) is 3.61. The molecule has 6 heteroatoms. The molecule has 0 aromatic heterocycles. The first-order valence-electron chi connectivity index (χ1n) is 8.36. The molecule has 0 amide bonds. The van der Waals surface area contributed by atoms with Crippen LogP contribution in [0, 0.1) is 0 Å². The van der Waals surface area contributed by atoms with Gasteiger partial charge in [0.15, 0.2) is 0 Å². The molecule has 0 saturated carbocycles. The number of nitrogens with zero attached hydrogens (tertiary/aromatic N) is 1. The van der Waals surface area contributed by atoms with Gasteiger partial charge in [0.1, 0.15) is 5.75 Å². The zero-order valence-electron chi connectivity index (χ0n) is 13.9. The highest BCUT2D eigenvalue weighted by atomic mass is 32.2. The lowest BCUT2D eigenvalue weighted by Gasteiger charge is -2.30. The number of hydrogen-bond acceptors (Lipinski definition) is 4. The van der Waals surface area contributed by atoms with Crippen LogP contribution in [0.1, 0.15) is 42.9 Å². The first-order valence-corrected chi connectivity index (χ1v) is 10.2. The Balaban J connectivity index is 1.68. The first kappa shape index (κ1) is 16.7. The van der Waals surface area contributed by atoms with Gasteiger partial charge < -0.3 is 10.1 Å². The van der Waals surface area contributed by atoms with Gasteiger partial charge in [0.05, 0.1) is 13.4 Å².